The quantitative estimate of drug-likeness (QED) is 0.540. The summed E-state index contributed by atoms with van der Waals surface area (Å²) in [6, 6.07) is 7.20. The van der Waals surface area contributed by atoms with Crippen LogP contribution in [0.1, 0.15) is 24.2 Å². The molecule has 1 amide bonds. The van der Waals surface area contributed by atoms with Gasteiger partial charge in [-0.05, 0) is 56.0 Å². The van der Waals surface area contributed by atoms with Crippen molar-refractivity contribution in [1.82, 2.24) is 9.88 Å². The lowest BCUT2D eigenvalue weighted by atomic mass is 10.0. The molecule has 1 aromatic carbocycles. The Hall–Kier alpha value is -3.27. The number of nitrogens with zero attached hydrogens (tertiary/aromatic N) is 2. The van der Waals surface area contributed by atoms with Crippen LogP contribution in [0.25, 0.3) is 0 Å². The van der Waals surface area contributed by atoms with Gasteiger partial charge in [-0.3, -0.25) is 0 Å². The van der Waals surface area contributed by atoms with E-state index in [1.165, 1.54) is 4.90 Å². The number of amides is 1. The van der Waals surface area contributed by atoms with Gasteiger partial charge in [0, 0.05) is 18.8 Å². The van der Waals surface area contributed by atoms with Gasteiger partial charge in [0.15, 0.2) is 17.4 Å². The van der Waals surface area contributed by atoms with Gasteiger partial charge in [-0.2, -0.15) is 4.39 Å². The van der Waals surface area contributed by atoms with E-state index in [4.69, 9.17) is 4.74 Å². The van der Waals surface area contributed by atoms with Gasteiger partial charge in [0.1, 0.15) is 5.69 Å². The first-order valence-electron chi connectivity index (χ1n) is 8.67. The second-order valence-corrected chi connectivity index (χ2v) is 6.26. The van der Waals surface area contributed by atoms with Gasteiger partial charge in [-0.1, -0.05) is 17.6 Å². The van der Waals surface area contributed by atoms with Crippen molar-refractivity contribution in [1.29, 1.82) is 0 Å². The Labute approximate surface area is 160 Å². The molecule has 1 aliphatic rings. The van der Waals surface area contributed by atoms with Crippen LogP contribution < -0.4 is 4.74 Å². The number of aromatic nitrogens is 1. The fraction of sp³-hybridized carbons (Fsp3) is 0.238. The number of likely N-dealkylation sites (tertiary alicyclic amines) is 1. The Morgan fingerprint density at radius 2 is 1.89 bits per heavy atom. The lowest BCUT2D eigenvalue weighted by Crippen LogP contribution is -2.38. The Morgan fingerprint density at radius 1 is 1.14 bits per heavy atom. The van der Waals surface area contributed by atoms with Crippen LogP contribution in [0.4, 0.5) is 18.0 Å². The van der Waals surface area contributed by atoms with Crippen LogP contribution in [0.2, 0.25) is 0 Å². The van der Waals surface area contributed by atoms with Crippen LogP contribution in [-0.4, -0.2) is 29.1 Å². The highest BCUT2D eigenvalue weighted by Gasteiger charge is 2.23. The molecule has 2 aromatic rings. The molecule has 2 heterocycles. The predicted molar refractivity (Wildman–Crippen MR) is 97.1 cm³/mol. The van der Waals surface area contributed by atoms with E-state index in [1.807, 2.05) is 31.2 Å². The van der Waals surface area contributed by atoms with Gasteiger partial charge in [0.25, 0.3) is 0 Å². The van der Waals surface area contributed by atoms with E-state index < -0.39 is 29.3 Å². The zero-order valence-electron chi connectivity index (χ0n) is 15.1. The third kappa shape index (κ3) is 4.71. The molecular weight excluding hydrogens is 369 g/mol. The average molecular weight is 386 g/mol. The second-order valence-electron chi connectivity index (χ2n) is 6.26. The number of piperidine rings is 1. The summed E-state index contributed by atoms with van der Waals surface area (Å²) in [5, 5.41) is 0. The highest BCUT2D eigenvalue weighted by molar-refractivity contribution is 5.71. The van der Waals surface area contributed by atoms with E-state index in [9.17, 15) is 18.0 Å². The van der Waals surface area contributed by atoms with Gasteiger partial charge in [0.2, 0.25) is 5.82 Å². The Kier molecular flexibility index (Phi) is 5.99. The smallest absolute Gasteiger partial charge is 0.407 e. The number of hydrogen-bond donors (Lipinski definition) is 0. The third-order valence-electron chi connectivity index (χ3n) is 4.23. The second kappa shape index (κ2) is 8.61. The number of rotatable bonds is 1. The van der Waals surface area contributed by atoms with Crippen LogP contribution in [0.15, 0.2) is 42.0 Å². The van der Waals surface area contributed by atoms with Crippen molar-refractivity contribution in [2.45, 2.75) is 19.8 Å². The molecule has 28 heavy (non-hydrogen) atoms. The molecule has 144 valence electrons. The lowest BCUT2D eigenvalue weighted by molar-refractivity contribution is 0.146. The van der Waals surface area contributed by atoms with Crippen LogP contribution in [0.3, 0.4) is 0 Å². The molecule has 0 atom stereocenters. The molecule has 7 heteroatoms. The first kappa shape index (κ1) is 19.5. The highest BCUT2D eigenvalue weighted by Crippen LogP contribution is 2.23. The van der Waals surface area contributed by atoms with E-state index in [-0.39, 0.29) is 0 Å². The predicted octanol–water partition coefficient (Wildman–Crippen LogP) is 4.38. The highest BCUT2D eigenvalue weighted by atomic mass is 19.2. The molecule has 1 fully saturated rings. The average Bonchev–Trinajstić information content (AvgIpc) is 2.69. The summed E-state index contributed by atoms with van der Waals surface area (Å²) < 4.78 is 44.6. The summed E-state index contributed by atoms with van der Waals surface area (Å²) in [7, 11) is 0. The molecular formula is C21H17F3N2O2. The molecule has 1 aromatic heterocycles. The number of hydrogen-bond acceptors (Lipinski definition) is 3. The van der Waals surface area contributed by atoms with Crippen LogP contribution >= 0.6 is 0 Å². The Bertz CT molecular complexity index is 983. The normalized spacial score (nSPS) is 13.6. The first-order valence-corrected chi connectivity index (χ1v) is 8.67. The monoisotopic (exact) mass is 386 g/mol. The molecule has 0 spiro atoms. The number of halogens is 3. The van der Waals surface area contributed by atoms with Crippen molar-refractivity contribution in [3.8, 4) is 17.6 Å². The van der Waals surface area contributed by atoms with Crippen molar-refractivity contribution in [3.05, 3.63) is 70.8 Å². The lowest BCUT2D eigenvalue weighted by Gasteiger charge is -2.27. The van der Waals surface area contributed by atoms with E-state index in [1.54, 1.807) is 0 Å². The molecule has 0 saturated carbocycles. The van der Waals surface area contributed by atoms with Gasteiger partial charge in [0.05, 0.1) is 0 Å². The zero-order chi connectivity index (χ0) is 20.1. The standard InChI is InChI=1S/C21H17F3N2O2/c1-14-4-2-6-16(25-14)7-3-5-15-10-12-26(13-11-15)21(27)28-18-9-8-17(22)19(23)20(18)24/h2,4-6,8-9H,10-13H2,1H3. The number of aryl methyl sites for hydroxylation is 1. The fourth-order valence-electron chi connectivity index (χ4n) is 2.69. The molecule has 0 radical (unpaired) electrons. The topological polar surface area (TPSA) is 42.4 Å². The summed E-state index contributed by atoms with van der Waals surface area (Å²) in [6.45, 7) is 2.62. The maximum atomic E-state index is 13.6. The van der Waals surface area contributed by atoms with E-state index in [0.29, 0.717) is 37.7 Å². The van der Waals surface area contributed by atoms with Crippen molar-refractivity contribution in [2.24, 2.45) is 0 Å². The first-order chi connectivity index (χ1) is 13.4. The molecule has 1 aliphatic heterocycles. The molecule has 0 unspecified atom stereocenters. The SMILES string of the molecule is Cc1cccc(C#CC=C2CCN(C(=O)Oc3ccc(F)c(F)c3F)CC2)n1. The summed E-state index contributed by atoms with van der Waals surface area (Å²) in [5.41, 5.74) is 2.65. The van der Waals surface area contributed by atoms with Crippen molar-refractivity contribution >= 4 is 6.09 Å². The molecule has 4 nitrogen and oxygen atoms in total. The number of allylic oxidation sites excluding steroid dienone is 1. The van der Waals surface area contributed by atoms with Crippen molar-refractivity contribution in [3.63, 3.8) is 0 Å². The van der Waals surface area contributed by atoms with Gasteiger partial charge in [-0.25, -0.2) is 18.6 Å². The molecule has 0 aliphatic carbocycles. The van der Waals surface area contributed by atoms with E-state index in [0.717, 1.165) is 17.3 Å². The number of ether oxygens (including phenoxy) is 1. The number of carbonyl (C=O) groups excluding carboxylic acids is 1. The van der Waals surface area contributed by atoms with Crippen LogP contribution in [-0.2, 0) is 0 Å². The number of benzene rings is 1. The van der Waals surface area contributed by atoms with Gasteiger partial charge >= 0.3 is 6.09 Å². The van der Waals surface area contributed by atoms with Crippen LogP contribution in [0.5, 0.6) is 5.75 Å². The zero-order valence-corrected chi connectivity index (χ0v) is 15.1. The van der Waals surface area contributed by atoms with Crippen molar-refractivity contribution < 1.29 is 22.7 Å². The Balaban J connectivity index is 1.56. The minimum atomic E-state index is -1.67. The van der Waals surface area contributed by atoms with E-state index >= 15 is 0 Å². The van der Waals surface area contributed by atoms with Crippen molar-refractivity contribution in [2.75, 3.05) is 13.1 Å². The van der Waals surface area contributed by atoms with Gasteiger partial charge in [-0.15, -0.1) is 0 Å². The molecule has 3 rings (SSSR count). The van der Waals surface area contributed by atoms with Gasteiger partial charge < -0.3 is 9.64 Å². The van der Waals surface area contributed by atoms with Crippen LogP contribution in [0, 0.1) is 36.2 Å². The summed E-state index contributed by atoms with van der Waals surface area (Å²) in [5.74, 6) is 0.760. The maximum Gasteiger partial charge on any atom is 0.415 e. The third-order valence-corrected chi connectivity index (χ3v) is 4.23. The summed E-state index contributed by atoms with van der Waals surface area (Å²) in [6.07, 6.45) is 2.18. The maximum absolute atomic E-state index is 13.6. The minimum Gasteiger partial charge on any atom is -0.407 e. The molecule has 1 saturated heterocycles. The van der Waals surface area contributed by atoms with E-state index in [2.05, 4.69) is 16.8 Å². The Morgan fingerprint density at radius 3 is 2.61 bits per heavy atom. The summed E-state index contributed by atoms with van der Waals surface area (Å²) in [4.78, 5) is 17.8. The number of pyridine rings is 1. The summed E-state index contributed by atoms with van der Waals surface area (Å²) >= 11 is 0. The number of carbonyl (C=O) groups is 1. The minimum absolute atomic E-state index is 0.361. The molecule has 0 N–H and O–H groups in total. The fourth-order valence-corrected chi connectivity index (χ4v) is 2.69. The molecule has 0 bridgehead atoms. The largest absolute Gasteiger partial charge is 0.415 e.